The molecule has 0 radical (unpaired) electrons. The third-order valence-corrected chi connectivity index (χ3v) is 5.41. The van der Waals surface area contributed by atoms with Crippen LogP contribution in [0.5, 0.6) is 11.5 Å². The second-order valence-electron chi connectivity index (χ2n) is 7.08. The van der Waals surface area contributed by atoms with E-state index in [0.717, 1.165) is 11.1 Å². The predicted octanol–water partition coefficient (Wildman–Crippen LogP) is 5.86. The van der Waals surface area contributed by atoms with Gasteiger partial charge in [-0.1, -0.05) is 49.2 Å². The third-order valence-electron chi connectivity index (χ3n) is 4.58. The lowest BCUT2D eigenvalue weighted by Gasteiger charge is -2.27. The summed E-state index contributed by atoms with van der Waals surface area (Å²) in [6, 6.07) is 11.0. The van der Waals surface area contributed by atoms with Crippen molar-refractivity contribution in [3.63, 3.8) is 0 Å². The number of carbonyl (C=O) groups is 2. The van der Waals surface area contributed by atoms with Crippen LogP contribution in [0.1, 0.15) is 38.3 Å². The van der Waals surface area contributed by atoms with E-state index in [-0.39, 0.29) is 6.61 Å². The highest BCUT2D eigenvalue weighted by molar-refractivity contribution is 6.37. The first-order valence-electron chi connectivity index (χ1n) is 9.12. The summed E-state index contributed by atoms with van der Waals surface area (Å²) >= 11 is 18.5. The van der Waals surface area contributed by atoms with E-state index >= 15 is 0 Å². The number of carbonyl (C=O) groups excluding carboxylic acids is 2. The maximum absolute atomic E-state index is 11.4. The minimum Gasteiger partial charge on any atom is -0.490 e. The van der Waals surface area contributed by atoms with Gasteiger partial charge in [-0.25, -0.2) is 0 Å². The molecule has 0 bridgehead atoms. The lowest BCUT2D eigenvalue weighted by atomic mass is 9.78. The van der Waals surface area contributed by atoms with Gasteiger partial charge in [0.1, 0.15) is 5.75 Å². The van der Waals surface area contributed by atoms with Crippen LogP contribution in [0.25, 0.3) is 0 Å². The van der Waals surface area contributed by atoms with Crippen molar-refractivity contribution in [3.8, 4) is 11.5 Å². The van der Waals surface area contributed by atoms with E-state index in [0.29, 0.717) is 40.5 Å². The van der Waals surface area contributed by atoms with E-state index in [9.17, 15) is 9.59 Å². The number of ketones is 2. The zero-order chi connectivity index (χ0) is 21.6. The zero-order valence-electron chi connectivity index (χ0n) is 16.6. The SMILES string of the molecule is CC(=O)C(=O)COc1ccc(C(C)(C)c2cc(Cl)c(OCCCCl)c(Cl)c2)cc1. The number of hydrogen-bond donors (Lipinski definition) is 0. The van der Waals surface area contributed by atoms with Gasteiger partial charge in [0.2, 0.25) is 5.78 Å². The Morgan fingerprint density at radius 2 is 1.55 bits per heavy atom. The molecule has 0 aromatic heterocycles. The van der Waals surface area contributed by atoms with Crippen LogP contribution in [-0.2, 0) is 15.0 Å². The number of halogens is 3. The fourth-order valence-corrected chi connectivity index (χ4v) is 3.38. The van der Waals surface area contributed by atoms with Crippen LogP contribution in [-0.4, -0.2) is 30.7 Å². The van der Waals surface area contributed by atoms with Gasteiger partial charge in [-0.2, -0.15) is 0 Å². The Morgan fingerprint density at radius 1 is 0.966 bits per heavy atom. The first-order chi connectivity index (χ1) is 13.7. The number of Topliss-reactive ketones (excluding diaryl/α,β-unsaturated/α-hetero) is 2. The minimum absolute atomic E-state index is 0.269. The van der Waals surface area contributed by atoms with Gasteiger partial charge >= 0.3 is 0 Å². The monoisotopic (exact) mass is 456 g/mol. The summed E-state index contributed by atoms with van der Waals surface area (Å²) in [4.78, 5) is 22.4. The molecule has 29 heavy (non-hydrogen) atoms. The molecule has 0 fully saturated rings. The summed E-state index contributed by atoms with van der Waals surface area (Å²) in [5.74, 6) is 0.386. The smallest absolute Gasteiger partial charge is 0.235 e. The molecular formula is C22H23Cl3O4. The largest absolute Gasteiger partial charge is 0.490 e. The van der Waals surface area contributed by atoms with E-state index in [4.69, 9.17) is 44.3 Å². The van der Waals surface area contributed by atoms with Crippen molar-refractivity contribution in [3.05, 3.63) is 57.6 Å². The molecule has 2 rings (SSSR count). The van der Waals surface area contributed by atoms with Gasteiger partial charge < -0.3 is 9.47 Å². The lowest BCUT2D eigenvalue weighted by Crippen LogP contribution is -2.20. The first kappa shape index (κ1) is 23.5. The maximum atomic E-state index is 11.4. The Hall–Kier alpha value is -1.75. The van der Waals surface area contributed by atoms with E-state index < -0.39 is 17.0 Å². The molecule has 0 aliphatic rings. The maximum Gasteiger partial charge on any atom is 0.235 e. The van der Waals surface area contributed by atoms with Crippen LogP contribution in [0.3, 0.4) is 0 Å². The molecule has 0 atom stereocenters. The molecule has 0 heterocycles. The molecule has 0 aliphatic heterocycles. The molecule has 0 saturated heterocycles. The van der Waals surface area contributed by atoms with Crippen molar-refractivity contribution < 1.29 is 19.1 Å². The van der Waals surface area contributed by atoms with E-state index in [1.165, 1.54) is 6.92 Å². The van der Waals surface area contributed by atoms with Gasteiger partial charge in [0.15, 0.2) is 18.1 Å². The summed E-state index contributed by atoms with van der Waals surface area (Å²) in [6.07, 6.45) is 0.702. The van der Waals surface area contributed by atoms with Gasteiger partial charge in [-0.3, -0.25) is 9.59 Å². The highest BCUT2D eigenvalue weighted by Crippen LogP contribution is 2.40. The first-order valence-corrected chi connectivity index (χ1v) is 10.4. The average molecular weight is 458 g/mol. The van der Waals surface area contributed by atoms with E-state index in [1.807, 2.05) is 24.3 Å². The molecule has 0 aliphatic carbocycles. The third kappa shape index (κ3) is 6.11. The molecule has 2 aromatic rings. The van der Waals surface area contributed by atoms with Crippen molar-refractivity contribution in [2.75, 3.05) is 19.1 Å². The molecule has 156 valence electrons. The Bertz CT molecular complexity index is 853. The van der Waals surface area contributed by atoms with Crippen LogP contribution in [0.4, 0.5) is 0 Å². The molecule has 7 heteroatoms. The molecule has 0 amide bonds. The number of hydrogen-bond acceptors (Lipinski definition) is 4. The van der Waals surface area contributed by atoms with Crippen molar-refractivity contribution in [2.24, 2.45) is 0 Å². The molecular weight excluding hydrogens is 435 g/mol. The van der Waals surface area contributed by atoms with Gasteiger partial charge in [-0.05, 0) is 41.8 Å². The Kier molecular flexibility index (Phi) is 8.38. The zero-order valence-corrected chi connectivity index (χ0v) is 18.8. The minimum atomic E-state index is -0.563. The topological polar surface area (TPSA) is 52.6 Å². The van der Waals surface area contributed by atoms with Gasteiger partial charge in [0.05, 0.1) is 16.7 Å². The Labute approximate surface area is 186 Å². The number of rotatable bonds is 10. The number of alkyl halides is 1. The van der Waals surface area contributed by atoms with Crippen molar-refractivity contribution in [2.45, 2.75) is 32.6 Å². The molecule has 2 aromatic carbocycles. The van der Waals surface area contributed by atoms with Crippen LogP contribution >= 0.6 is 34.8 Å². The fraction of sp³-hybridized carbons (Fsp3) is 0.364. The van der Waals surface area contributed by atoms with Crippen LogP contribution in [0.15, 0.2) is 36.4 Å². The fourth-order valence-electron chi connectivity index (χ4n) is 2.67. The summed E-state index contributed by atoms with van der Waals surface area (Å²) in [7, 11) is 0. The highest BCUT2D eigenvalue weighted by atomic mass is 35.5. The van der Waals surface area contributed by atoms with Crippen molar-refractivity contribution in [1.29, 1.82) is 0 Å². The van der Waals surface area contributed by atoms with Crippen LogP contribution < -0.4 is 9.47 Å². The normalized spacial score (nSPS) is 11.2. The predicted molar refractivity (Wildman–Crippen MR) is 117 cm³/mol. The average Bonchev–Trinajstić information content (AvgIpc) is 2.68. The molecule has 0 N–H and O–H groups in total. The van der Waals surface area contributed by atoms with Crippen molar-refractivity contribution in [1.82, 2.24) is 0 Å². The second-order valence-corrected chi connectivity index (χ2v) is 8.27. The van der Waals surface area contributed by atoms with Crippen LogP contribution in [0, 0.1) is 0 Å². The second kappa shape index (κ2) is 10.3. The summed E-state index contributed by atoms with van der Waals surface area (Å²) in [6.45, 7) is 5.51. The molecule has 0 spiro atoms. The summed E-state index contributed by atoms with van der Waals surface area (Å²) in [5, 5.41) is 0.885. The van der Waals surface area contributed by atoms with E-state index in [1.54, 1.807) is 12.1 Å². The summed E-state index contributed by atoms with van der Waals surface area (Å²) < 4.78 is 11.0. The van der Waals surface area contributed by atoms with Crippen LogP contribution in [0.2, 0.25) is 10.0 Å². The lowest BCUT2D eigenvalue weighted by molar-refractivity contribution is -0.136. The molecule has 0 saturated carbocycles. The number of benzene rings is 2. The Balaban J connectivity index is 2.19. The van der Waals surface area contributed by atoms with Crippen molar-refractivity contribution >= 4 is 46.4 Å². The van der Waals surface area contributed by atoms with Gasteiger partial charge in [0, 0.05) is 18.2 Å². The Morgan fingerprint density at radius 3 is 2.07 bits per heavy atom. The highest BCUT2D eigenvalue weighted by Gasteiger charge is 2.25. The molecule has 4 nitrogen and oxygen atoms in total. The van der Waals surface area contributed by atoms with E-state index in [2.05, 4.69) is 13.8 Å². The quantitative estimate of drug-likeness (QED) is 0.254. The standard InChI is InChI=1S/C22H23Cl3O4/c1-14(26)20(27)13-29-17-7-5-15(6-8-17)22(2,3)16-11-18(24)21(19(25)12-16)28-10-4-9-23/h5-8,11-12H,4,9-10,13H2,1-3H3. The number of ether oxygens (including phenoxy) is 2. The van der Waals surface area contributed by atoms with Gasteiger partial charge in [-0.15, -0.1) is 11.6 Å². The van der Waals surface area contributed by atoms with Gasteiger partial charge in [0.25, 0.3) is 0 Å². The molecule has 0 unspecified atom stereocenters. The summed E-state index contributed by atoms with van der Waals surface area (Å²) in [5.41, 5.74) is 1.54.